The highest BCUT2D eigenvalue weighted by molar-refractivity contribution is 9.10. The first-order valence-electron chi connectivity index (χ1n) is 5.38. The fourth-order valence-corrected chi connectivity index (χ4v) is 1.95. The Bertz CT molecular complexity index is 494. The molecular formula is C12H17BrClN3O2. The molecule has 0 bridgehead atoms. The quantitative estimate of drug-likeness (QED) is 0.820. The lowest BCUT2D eigenvalue weighted by Gasteiger charge is -2.16. The average Bonchev–Trinajstić information content (AvgIpc) is 2.24. The van der Waals surface area contributed by atoms with E-state index in [2.05, 4.69) is 21.2 Å². The van der Waals surface area contributed by atoms with E-state index in [4.69, 9.17) is 5.73 Å². The maximum atomic E-state index is 11.7. The zero-order chi connectivity index (χ0) is 13.9. The molecule has 19 heavy (non-hydrogen) atoms. The van der Waals surface area contributed by atoms with Crippen molar-refractivity contribution in [1.29, 1.82) is 0 Å². The monoisotopic (exact) mass is 349 g/mol. The van der Waals surface area contributed by atoms with Crippen LogP contribution in [0.4, 0.5) is 11.4 Å². The third kappa shape index (κ3) is 5.08. The van der Waals surface area contributed by atoms with Crippen LogP contribution in [0.25, 0.3) is 0 Å². The van der Waals surface area contributed by atoms with Gasteiger partial charge in [0.2, 0.25) is 11.8 Å². The van der Waals surface area contributed by atoms with E-state index in [0.29, 0.717) is 11.4 Å². The van der Waals surface area contributed by atoms with Gasteiger partial charge >= 0.3 is 0 Å². The molecule has 3 N–H and O–H groups in total. The zero-order valence-electron chi connectivity index (χ0n) is 11.0. The molecule has 0 radical (unpaired) electrons. The first kappa shape index (κ1) is 17.7. The highest BCUT2D eigenvalue weighted by Gasteiger charge is 2.11. The maximum Gasteiger partial charge on any atom is 0.244 e. The Balaban J connectivity index is 0.00000324. The van der Waals surface area contributed by atoms with Gasteiger partial charge in [0.25, 0.3) is 0 Å². The molecule has 0 aliphatic carbocycles. The van der Waals surface area contributed by atoms with Gasteiger partial charge in [-0.2, -0.15) is 0 Å². The van der Waals surface area contributed by atoms with Crippen molar-refractivity contribution in [1.82, 2.24) is 4.90 Å². The van der Waals surface area contributed by atoms with Crippen LogP contribution in [0, 0.1) is 6.92 Å². The lowest BCUT2D eigenvalue weighted by Crippen LogP contribution is -2.33. The highest BCUT2D eigenvalue weighted by Crippen LogP contribution is 2.27. The van der Waals surface area contributed by atoms with Crippen molar-refractivity contribution in [2.45, 2.75) is 13.8 Å². The standard InChI is InChI=1S/C12H16BrN3O2.ClH/c1-7-4-9(13)5-10(12(7)14)15-11(18)6-16(3)8(2)17;/h4-5H,6,14H2,1-3H3,(H,15,18);1H. The first-order chi connectivity index (χ1) is 8.31. The molecule has 1 aromatic carbocycles. The summed E-state index contributed by atoms with van der Waals surface area (Å²) < 4.78 is 0.837. The van der Waals surface area contributed by atoms with E-state index in [9.17, 15) is 9.59 Å². The van der Waals surface area contributed by atoms with Crippen molar-refractivity contribution in [2.75, 3.05) is 24.6 Å². The number of carbonyl (C=O) groups excluding carboxylic acids is 2. The van der Waals surface area contributed by atoms with Gasteiger partial charge in [-0.15, -0.1) is 12.4 Å². The van der Waals surface area contributed by atoms with E-state index < -0.39 is 0 Å². The molecule has 0 saturated heterocycles. The maximum absolute atomic E-state index is 11.7. The van der Waals surface area contributed by atoms with Gasteiger partial charge in [-0.1, -0.05) is 15.9 Å². The van der Waals surface area contributed by atoms with Crippen molar-refractivity contribution < 1.29 is 9.59 Å². The van der Waals surface area contributed by atoms with Crippen LogP contribution < -0.4 is 11.1 Å². The summed E-state index contributed by atoms with van der Waals surface area (Å²) in [5.41, 5.74) is 7.82. The molecule has 0 atom stereocenters. The number of benzene rings is 1. The van der Waals surface area contributed by atoms with E-state index in [1.165, 1.54) is 11.8 Å². The van der Waals surface area contributed by atoms with Gasteiger partial charge in [-0.25, -0.2) is 0 Å². The molecule has 106 valence electrons. The van der Waals surface area contributed by atoms with Crippen LogP contribution in [0.2, 0.25) is 0 Å². The molecular weight excluding hydrogens is 334 g/mol. The number of carbonyl (C=O) groups is 2. The molecule has 0 aliphatic heterocycles. The van der Waals surface area contributed by atoms with Gasteiger partial charge in [-0.3, -0.25) is 9.59 Å². The van der Waals surface area contributed by atoms with Gasteiger partial charge in [0, 0.05) is 18.4 Å². The van der Waals surface area contributed by atoms with Gasteiger partial charge in [0.05, 0.1) is 17.9 Å². The Morgan fingerprint density at radius 3 is 2.53 bits per heavy atom. The SMILES string of the molecule is CC(=O)N(C)CC(=O)Nc1cc(Br)cc(C)c1N.Cl. The van der Waals surface area contributed by atoms with Crippen molar-refractivity contribution in [2.24, 2.45) is 0 Å². The topological polar surface area (TPSA) is 75.4 Å². The number of hydrogen-bond donors (Lipinski definition) is 2. The number of amides is 2. The summed E-state index contributed by atoms with van der Waals surface area (Å²) in [4.78, 5) is 24.1. The van der Waals surface area contributed by atoms with Crippen LogP contribution >= 0.6 is 28.3 Å². The van der Waals surface area contributed by atoms with Gasteiger partial charge < -0.3 is 16.0 Å². The smallest absolute Gasteiger partial charge is 0.244 e. The predicted octanol–water partition coefficient (Wildman–Crippen LogP) is 2.18. The lowest BCUT2D eigenvalue weighted by atomic mass is 10.1. The summed E-state index contributed by atoms with van der Waals surface area (Å²) in [6.07, 6.45) is 0. The molecule has 0 heterocycles. The van der Waals surface area contributed by atoms with E-state index in [1.807, 2.05) is 13.0 Å². The molecule has 5 nitrogen and oxygen atoms in total. The Hall–Kier alpha value is -1.27. The van der Waals surface area contributed by atoms with E-state index in [1.54, 1.807) is 13.1 Å². The normalized spacial score (nSPS) is 9.47. The second kappa shape index (κ2) is 7.35. The third-order valence-electron chi connectivity index (χ3n) is 2.54. The zero-order valence-corrected chi connectivity index (χ0v) is 13.4. The number of nitrogens with zero attached hydrogens (tertiary/aromatic N) is 1. The number of nitrogens with one attached hydrogen (secondary N) is 1. The molecule has 0 fully saturated rings. The fraction of sp³-hybridized carbons (Fsp3) is 0.333. The number of anilines is 2. The number of rotatable bonds is 3. The van der Waals surface area contributed by atoms with Crippen molar-refractivity contribution in [3.8, 4) is 0 Å². The van der Waals surface area contributed by atoms with Crippen molar-refractivity contribution in [3.63, 3.8) is 0 Å². The Kier molecular flexibility index (Phi) is 6.86. The van der Waals surface area contributed by atoms with Crippen LogP contribution in [0.15, 0.2) is 16.6 Å². The Morgan fingerprint density at radius 2 is 2.00 bits per heavy atom. The molecule has 1 rings (SSSR count). The molecule has 2 amide bonds. The Morgan fingerprint density at radius 1 is 1.42 bits per heavy atom. The summed E-state index contributed by atoms with van der Waals surface area (Å²) in [5, 5.41) is 2.69. The number of halogens is 2. The minimum absolute atomic E-state index is 0. The van der Waals surface area contributed by atoms with Crippen molar-refractivity contribution >= 4 is 51.5 Å². The molecule has 1 aromatic rings. The summed E-state index contributed by atoms with van der Waals surface area (Å²) in [5.74, 6) is -0.444. The van der Waals surface area contributed by atoms with Crippen LogP contribution in [0.3, 0.4) is 0 Å². The Labute approximate surface area is 127 Å². The molecule has 0 aromatic heterocycles. The van der Waals surface area contributed by atoms with Crippen LogP contribution in [0.1, 0.15) is 12.5 Å². The lowest BCUT2D eigenvalue weighted by molar-refractivity contribution is -0.131. The predicted molar refractivity (Wildman–Crippen MR) is 82.5 cm³/mol. The van der Waals surface area contributed by atoms with E-state index in [0.717, 1.165) is 10.0 Å². The number of hydrogen-bond acceptors (Lipinski definition) is 3. The fourth-order valence-electron chi connectivity index (χ4n) is 1.37. The first-order valence-corrected chi connectivity index (χ1v) is 6.17. The minimum Gasteiger partial charge on any atom is -0.397 e. The summed E-state index contributed by atoms with van der Waals surface area (Å²) in [6, 6.07) is 3.60. The molecule has 7 heteroatoms. The minimum atomic E-state index is -0.281. The van der Waals surface area contributed by atoms with Crippen LogP contribution in [-0.2, 0) is 9.59 Å². The summed E-state index contributed by atoms with van der Waals surface area (Å²) in [7, 11) is 1.57. The number of nitrogens with two attached hydrogens (primary N) is 1. The summed E-state index contributed by atoms with van der Waals surface area (Å²) >= 11 is 3.34. The number of nitrogen functional groups attached to an aromatic ring is 1. The van der Waals surface area contributed by atoms with Gasteiger partial charge in [-0.05, 0) is 24.6 Å². The molecule has 0 saturated carbocycles. The second-order valence-corrected chi connectivity index (χ2v) is 5.02. The second-order valence-electron chi connectivity index (χ2n) is 4.11. The molecule has 0 spiro atoms. The molecule has 0 aliphatic rings. The van der Waals surface area contributed by atoms with Gasteiger partial charge in [0.15, 0.2) is 0 Å². The van der Waals surface area contributed by atoms with Crippen LogP contribution in [-0.4, -0.2) is 30.3 Å². The average molecular weight is 351 g/mol. The van der Waals surface area contributed by atoms with Crippen molar-refractivity contribution in [3.05, 3.63) is 22.2 Å². The van der Waals surface area contributed by atoms with E-state index >= 15 is 0 Å². The third-order valence-corrected chi connectivity index (χ3v) is 3.00. The largest absolute Gasteiger partial charge is 0.397 e. The molecule has 0 unspecified atom stereocenters. The highest BCUT2D eigenvalue weighted by atomic mass is 79.9. The number of aryl methyl sites for hydroxylation is 1. The van der Waals surface area contributed by atoms with Gasteiger partial charge in [0.1, 0.15) is 0 Å². The summed E-state index contributed by atoms with van der Waals surface area (Å²) in [6.45, 7) is 3.27. The van der Waals surface area contributed by atoms with E-state index in [-0.39, 0.29) is 30.8 Å². The van der Waals surface area contributed by atoms with Crippen LogP contribution in [0.5, 0.6) is 0 Å². The number of likely N-dealkylation sites (N-methyl/N-ethyl adjacent to an activating group) is 1.